The number of hydrogen-bond acceptors (Lipinski definition) is 5. The first kappa shape index (κ1) is 15.8. The van der Waals surface area contributed by atoms with E-state index in [-0.39, 0.29) is 5.70 Å². The van der Waals surface area contributed by atoms with E-state index in [1.54, 1.807) is 18.2 Å². The summed E-state index contributed by atoms with van der Waals surface area (Å²) in [6.45, 7) is 0. The molecule has 0 fully saturated rings. The molecular formula is C12H11ClINO4. The predicted octanol–water partition coefficient (Wildman–Crippen LogP) is 2.59. The topological polar surface area (TPSA) is 64.6 Å². The second kappa shape index (κ2) is 7.34. The van der Waals surface area contributed by atoms with E-state index in [0.717, 1.165) is 9.65 Å². The number of esters is 2. The third-order valence-electron chi connectivity index (χ3n) is 2.07. The summed E-state index contributed by atoms with van der Waals surface area (Å²) in [5, 5.41) is 3.30. The maximum absolute atomic E-state index is 11.5. The van der Waals surface area contributed by atoms with E-state index in [4.69, 9.17) is 11.6 Å². The molecule has 0 spiro atoms. The van der Waals surface area contributed by atoms with E-state index in [9.17, 15) is 9.59 Å². The zero-order valence-corrected chi connectivity index (χ0v) is 13.1. The van der Waals surface area contributed by atoms with Crippen LogP contribution >= 0.6 is 34.2 Å². The molecule has 1 aromatic carbocycles. The molecule has 1 N–H and O–H groups in total. The third-order valence-corrected chi connectivity index (χ3v) is 3.64. The van der Waals surface area contributed by atoms with Gasteiger partial charge in [-0.1, -0.05) is 11.6 Å². The van der Waals surface area contributed by atoms with Gasteiger partial charge in [0.2, 0.25) is 0 Å². The zero-order chi connectivity index (χ0) is 14.4. The first-order chi connectivity index (χ1) is 8.97. The van der Waals surface area contributed by atoms with Gasteiger partial charge in [-0.25, -0.2) is 9.59 Å². The lowest BCUT2D eigenvalue weighted by Gasteiger charge is -2.09. The molecule has 1 aromatic rings. The SMILES string of the molecule is COC(=O)/C=C(/Nc1ccc(I)c(Cl)c1)C(=O)OC. The number of methoxy groups -OCH3 is 2. The number of nitrogens with one attached hydrogen (secondary N) is 1. The van der Waals surface area contributed by atoms with Gasteiger partial charge in [0.05, 0.1) is 25.3 Å². The van der Waals surface area contributed by atoms with Crippen LogP contribution < -0.4 is 5.32 Å². The Hall–Kier alpha value is -1.28. The smallest absolute Gasteiger partial charge is 0.354 e. The van der Waals surface area contributed by atoms with Crippen molar-refractivity contribution in [1.82, 2.24) is 0 Å². The van der Waals surface area contributed by atoms with Crippen LogP contribution in [0.5, 0.6) is 0 Å². The fourth-order valence-corrected chi connectivity index (χ4v) is 1.68. The van der Waals surface area contributed by atoms with Gasteiger partial charge in [-0.05, 0) is 40.8 Å². The highest BCUT2D eigenvalue weighted by Crippen LogP contribution is 2.23. The molecule has 19 heavy (non-hydrogen) atoms. The summed E-state index contributed by atoms with van der Waals surface area (Å²) in [4.78, 5) is 22.7. The summed E-state index contributed by atoms with van der Waals surface area (Å²) in [5.41, 5.74) is 0.526. The maximum Gasteiger partial charge on any atom is 0.354 e. The molecule has 0 atom stereocenters. The van der Waals surface area contributed by atoms with Crippen molar-refractivity contribution in [3.05, 3.63) is 38.6 Å². The van der Waals surface area contributed by atoms with Crippen molar-refractivity contribution in [2.24, 2.45) is 0 Å². The normalized spacial score (nSPS) is 10.8. The molecule has 0 aliphatic carbocycles. The number of ether oxygens (including phenoxy) is 2. The van der Waals surface area contributed by atoms with Crippen LogP contribution in [0.3, 0.4) is 0 Å². The minimum atomic E-state index is -0.680. The second-order valence-corrected chi connectivity index (χ2v) is 4.90. The van der Waals surface area contributed by atoms with E-state index in [1.165, 1.54) is 14.2 Å². The monoisotopic (exact) mass is 395 g/mol. The van der Waals surface area contributed by atoms with Crippen LogP contribution in [-0.4, -0.2) is 26.2 Å². The Morgan fingerprint density at radius 3 is 2.53 bits per heavy atom. The Bertz CT molecular complexity index is 530. The van der Waals surface area contributed by atoms with E-state index in [2.05, 4.69) is 37.4 Å². The molecule has 102 valence electrons. The van der Waals surface area contributed by atoms with Crippen LogP contribution in [0.1, 0.15) is 0 Å². The van der Waals surface area contributed by atoms with Crippen LogP contribution in [0.15, 0.2) is 30.0 Å². The van der Waals surface area contributed by atoms with Crippen molar-refractivity contribution in [3.63, 3.8) is 0 Å². The van der Waals surface area contributed by atoms with Crippen LogP contribution in [0.2, 0.25) is 5.02 Å². The molecule has 0 amide bonds. The molecule has 0 bridgehead atoms. The van der Waals surface area contributed by atoms with Gasteiger partial charge in [0, 0.05) is 9.26 Å². The summed E-state index contributed by atoms with van der Waals surface area (Å²) in [5.74, 6) is -1.34. The van der Waals surface area contributed by atoms with Gasteiger partial charge >= 0.3 is 11.9 Å². The van der Waals surface area contributed by atoms with Crippen molar-refractivity contribution in [3.8, 4) is 0 Å². The number of rotatable bonds is 4. The lowest BCUT2D eigenvalue weighted by atomic mass is 10.3. The predicted molar refractivity (Wildman–Crippen MR) is 79.9 cm³/mol. The van der Waals surface area contributed by atoms with Gasteiger partial charge in [-0.3, -0.25) is 0 Å². The molecule has 7 heteroatoms. The summed E-state index contributed by atoms with van der Waals surface area (Å²) >= 11 is 8.05. The van der Waals surface area contributed by atoms with Crippen LogP contribution in [-0.2, 0) is 19.1 Å². The minimum Gasteiger partial charge on any atom is -0.466 e. The molecule has 0 aliphatic rings. The average Bonchev–Trinajstić information content (AvgIpc) is 2.41. The molecule has 0 aliphatic heterocycles. The van der Waals surface area contributed by atoms with Crippen molar-refractivity contribution in [1.29, 1.82) is 0 Å². The minimum absolute atomic E-state index is 0.0355. The lowest BCUT2D eigenvalue weighted by molar-refractivity contribution is -0.138. The number of halogens is 2. The number of anilines is 1. The van der Waals surface area contributed by atoms with E-state index in [0.29, 0.717) is 10.7 Å². The van der Waals surface area contributed by atoms with Crippen LogP contribution in [0.25, 0.3) is 0 Å². The highest BCUT2D eigenvalue weighted by Gasteiger charge is 2.13. The van der Waals surface area contributed by atoms with Gasteiger partial charge in [0.25, 0.3) is 0 Å². The Morgan fingerprint density at radius 2 is 2.00 bits per heavy atom. The molecular weight excluding hydrogens is 384 g/mol. The van der Waals surface area contributed by atoms with Gasteiger partial charge in [0.15, 0.2) is 0 Å². The summed E-state index contributed by atoms with van der Waals surface area (Å²) in [6.07, 6.45) is 1.01. The first-order valence-corrected chi connectivity index (χ1v) is 6.53. The molecule has 0 unspecified atom stereocenters. The van der Waals surface area contributed by atoms with Crippen molar-refractivity contribution in [2.45, 2.75) is 0 Å². The number of carbonyl (C=O) groups is 2. The molecule has 0 aromatic heterocycles. The molecule has 0 saturated heterocycles. The van der Waals surface area contributed by atoms with Crippen molar-refractivity contribution >= 4 is 51.8 Å². The van der Waals surface area contributed by atoms with Gasteiger partial charge < -0.3 is 14.8 Å². The Morgan fingerprint density at radius 1 is 1.32 bits per heavy atom. The van der Waals surface area contributed by atoms with Gasteiger partial charge in [0.1, 0.15) is 5.70 Å². The Balaban J connectivity index is 3.00. The fraction of sp³-hybridized carbons (Fsp3) is 0.167. The zero-order valence-electron chi connectivity index (χ0n) is 10.2. The first-order valence-electron chi connectivity index (χ1n) is 5.08. The molecule has 1 rings (SSSR count). The van der Waals surface area contributed by atoms with Crippen molar-refractivity contribution in [2.75, 3.05) is 19.5 Å². The highest BCUT2D eigenvalue weighted by molar-refractivity contribution is 14.1. The molecule has 0 heterocycles. The standard InChI is InChI=1S/C12H11ClINO4/c1-18-11(16)6-10(12(17)19-2)15-7-3-4-9(14)8(13)5-7/h3-6,15H,1-2H3/b10-6+. The van der Waals surface area contributed by atoms with Gasteiger partial charge in [-0.15, -0.1) is 0 Å². The molecule has 5 nitrogen and oxygen atoms in total. The third kappa shape index (κ3) is 4.71. The average molecular weight is 396 g/mol. The summed E-state index contributed by atoms with van der Waals surface area (Å²) < 4.78 is 9.91. The summed E-state index contributed by atoms with van der Waals surface area (Å²) in [6, 6.07) is 5.14. The fourth-order valence-electron chi connectivity index (χ4n) is 1.16. The number of hydrogen-bond donors (Lipinski definition) is 1. The van der Waals surface area contributed by atoms with Crippen LogP contribution in [0, 0.1) is 3.57 Å². The second-order valence-electron chi connectivity index (χ2n) is 3.33. The van der Waals surface area contributed by atoms with Crippen molar-refractivity contribution < 1.29 is 19.1 Å². The Kier molecular flexibility index (Phi) is 6.10. The van der Waals surface area contributed by atoms with E-state index >= 15 is 0 Å². The quantitative estimate of drug-likeness (QED) is 0.482. The summed E-state index contributed by atoms with van der Waals surface area (Å²) in [7, 11) is 2.44. The van der Waals surface area contributed by atoms with E-state index < -0.39 is 11.9 Å². The highest BCUT2D eigenvalue weighted by atomic mass is 127. The van der Waals surface area contributed by atoms with E-state index in [1.807, 2.05) is 0 Å². The molecule has 0 saturated carbocycles. The molecule has 0 radical (unpaired) electrons. The Labute approximate surface area is 129 Å². The van der Waals surface area contributed by atoms with Crippen LogP contribution in [0.4, 0.5) is 5.69 Å². The van der Waals surface area contributed by atoms with Gasteiger partial charge in [-0.2, -0.15) is 0 Å². The number of carbonyl (C=O) groups excluding carboxylic acids is 2. The maximum atomic E-state index is 11.5. The largest absolute Gasteiger partial charge is 0.466 e. The number of benzene rings is 1. The lowest BCUT2D eigenvalue weighted by Crippen LogP contribution is -2.15.